The minimum atomic E-state index is -0.537. The van der Waals surface area contributed by atoms with Crippen LogP contribution in [0.3, 0.4) is 0 Å². The number of H-pyrrole nitrogens is 1. The van der Waals surface area contributed by atoms with Gasteiger partial charge in [0.05, 0.1) is 10.2 Å². The molecule has 1 aromatic carbocycles. The number of para-hydroxylation sites is 1. The highest BCUT2D eigenvalue weighted by atomic mass is 32.1. The van der Waals surface area contributed by atoms with Crippen molar-refractivity contribution in [1.29, 1.82) is 0 Å². The highest BCUT2D eigenvalue weighted by Crippen LogP contribution is 2.19. The van der Waals surface area contributed by atoms with Crippen molar-refractivity contribution >= 4 is 27.5 Å². The molecule has 0 radical (unpaired) electrons. The summed E-state index contributed by atoms with van der Waals surface area (Å²) in [7, 11) is 1.85. The molecule has 0 atom stereocenters. The monoisotopic (exact) mass is 288 g/mol. The van der Waals surface area contributed by atoms with Crippen molar-refractivity contribution in [1.82, 2.24) is 14.8 Å². The molecule has 1 amide bonds. The Labute approximate surface area is 118 Å². The zero-order valence-corrected chi connectivity index (χ0v) is 11.7. The van der Waals surface area contributed by atoms with Crippen molar-refractivity contribution < 1.29 is 9.90 Å². The number of benzene rings is 1. The number of nitrogens with zero attached hydrogens (tertiary/aromatic N) is 3. The van der Waals surface area contributed by atoms with Crippen molar-refractivity contribution in [3.63, 3.8) is 0 Å². The van der Waals surface area contributed by atoms with Crippen LogP contribution in [0.2, 0.25) is 0 Å². The summed E-state index contributed by atoms with van der Waals surface area (Å²) in [5.41, 5.74) is 1.40. The van der Waals surface area contributed by atoms with Crippen molar-refractivity contribution in [2.75, 3.05) is 0 Å². The molecule has 0 saturated heterocycles. The van der Waals surface area contributed by atoms with Crippen LogP contribution in [-0.4, -0.2) is 25.8 Å². The van der Waals surface area contributed by atoms with Crippen LogP contribution in [0, 0.1) is 6.92 Å². The van der Waals surface area contributed by atoms with E-state index < -0.39 is 5.91 Å². The van der Waals surface area contributed by atoms with E-state index >= 15 is 0 Å². The minimum absolute atomic E-state index is 0.0138. The van der Waals surface area contributed by atoms with E-state index in [1.54, 1.807) is 6.92 Å². The smallest absolute Gasteiger partial charge is 0.301 e. The van der Waals surface area contributed by atoms with Gasteiger partial charge >= 0.3 is 5.91 Å². The average Bonchev–Trinajstić information content (AvgIpc) is 2.93. The predicted molar refractivity (Wildman–Crippen MR) is 75.7 cm³/mol. The van der Waals surface area contributed by atoms with Crippen LogP contribution in [0.1, 0.15) is 16.2 Å². The summed E-state index contributed by atoms with van der Waals surface area (Å²) in [6.07, 6.45) is 0. The quantitative estimate of drug-likeness (QED) is 0.715. The van der Waals surface area contributed by atoms with E-state index in [2.05, 4.69) is 15.2 Å². The molecule has 0 fully saturated rings. The molecule has 0 saturated carbocycles. The number of fused-ring (bicyclic) bond motifs is 1. The topological polar surface area (TPSA) is 83.3 Å². The van der Waals surface area contributed by atoms with Gasteiger partial charge in [-0.05, 0) is 19.1 Å². The summed E-state index contributed by atoms with van der Waals surface area (Å²) in [5.74, 6) is -0.687. The molecule has 2 N–H and O–H groups in total. The second-order valence-electron chi connectivity index (χ2n) is 4.36. The van der Waals surface area contributed by atoms with Gasteiger partial charge in [-0.25, -0.2) is 0 Å². The van der Waals surface area contributed by atoms with Crippen LogP contribution in [0.4, 0.5) is 0 Å². The molecular weight excluding hydrogens is 276 g/mol. The fourth-order valence-corrected chi connectivity index (χ4v) is 2.92. The Bertz CT molecular complexity index is 872. The van der Waals surface area contributed by atoms with E-state index in [0.717, 1.165) is 10.2 Å². The number of hydrogen-bond acceptors (Lipinski definition) is 4. The number of carbonyl (C=O) groups excluding carboxylic acids is 1. The molecule has 20 heavy (non-hydrogen) atoms. The summed E-state index contributed by atoms with van der Waals surface area (Å²) < 4.78 is 2.89. The van der Waals surface area contributed by atoms with Crippen molar-refractivity contribution in [3.05, 3.63) is 40.5 Å². The first-order valence-corrected chi connectivity index (χ1v) is 6.77. The molecule has 6 nitrogen and oxygen atoms in total. The number of aromatic amines is 1. The van der Waals surface area contributed by atoms with Crippen molar-refractivity contribution in [3.8, 4) is 5.75 Å². The Morgan fingerprint density at radius 2 is 2.20 bits per heavy atom. The molecule has 3 rings (SSSR count). The molecule has 2 aromatic heterocycles. The van der Waals surface area contributed by atoms with Crippen LogP contribution in [0.15, 0.2) is 29.3 Å². The number of carbonyl (C=O) groups is 1. The van der Waals surface area contributed by atoms with E-state index in [1.165, 1.54) is 11.3 Å². The number of hydrogen-bond donors (Lipinski definition) is 2. The molecule has 3 aromatic rings. The number of aromatic nitrogens is 3. The molecule has 0 unspecified atom stereocenters. The summed E-state index contributed by atoms with van der Waals surface area (Å²) >= 11 is 1.42. The SMILES string of the molecule is Cc1n[nH]c(C(=O)N=c2sc3ccccc3n2C)c1O. The number of aryl methyl sites for hydroxylation is 2. The van der Waals surface area contributed by atoms with Gasteiger partial charge in [-0.15, -0.1) is 0 Å². The third-order valence-electron chi connectivity index (χ3n) is 3.04. The minimum Gasteiger partial charge on any atom is -0.504 e. The molecule has 0 aliphatic carbocycles. The van der Waals surface area contributed by atoms with Gasteiger partial charge in [-0.3, -0.25) is 9.89 Å². The first-order valence-electron chi connectivity index (χ1n) is 5.95. The maximum atomic E-state index is 12.1. The fourth-order valence-electron chi connectivity index (χ4n) is 1.91. The first-order chi connectivity index (χ1) is 9.58. The predicted octanol–water partition coefficient (Wildman–Crippen LogP) is 1.72. The van der Waals surface area contributed by atoms with Gasteiger partial charge in [0.2, 0.25) is 0 Å². The molecular formula is C13H12N4O2S. The van der Waals surface area contributed by atoms with Gasteiger partial charge < -0.3 is 9.67 Å². The largest absolute Gasteiger partial charge is 0.504 e. The molecule has 0 bridgehead atoms. The highest BCUT2D eigenvalue weighted by Gasteiger charge is 2.16. The van der Waals surface area contributed by atoms with Gasteiger partial charge in [-0.1, -0.05) is 23.5 Å². The van der Waals surface area contributed by atoms with Crippen LogP contribution >= 0.6 is 11.3 Å². The Kier molecular flexibility index (Phi) is 2.90. The van der Waals surface area contributed by atoms with E-state index in [9.17, 15) is 9.90 Å². The second-order valence-corrected chi connectivity index (χ2v) is 5.37. The van der Waals surface area contributed by atoms with Crippen molar-refractivity contribution in [2.24, 2.45) is 12.0 Å². The standard InChI is InChI=1S/C13H12N4O2S/c1-7-11(18)10(16-15-7)12(19)14-13-17(2)8-5-3-4-6-9(8)20-13/h3-6,18H,1-2H3,(H,15,16). The van der Waals surface area contributed by atoms with Gasteiger partial charge in [-0.2, -0.15) is 10.1 Å². The Morgan fingerprint density at radius 1 is 1.45 bits per heavy atom. The number of nitrogens with one attached hydrogen (secondary N) is 1. The fraction of sp³-hybridized carbons (Fsp3) is 0.154. The van der Waals surface area contributed by atoms with Gasteiger partial charge in [0.15, 0.2) is 16.2 Å². The van der Waals surface area contributed by atoms with E-state index in [4.69, 9.17) is 0 Å². The Morgan fingerprint density at radius 3 is 2.85 bits per heavy atom. The third kappa shape index (κ3) is 1.92. The zero-order chi connectivity index (χ0) is 14.3. The maximum absolute atomic E-state index is 12.1. The number of amides is 1. The average molecular weight is 288 g/mol. The first kappa shape index (κ1) is 12.6. The van der Waals surface area contributed by atoms with E-state index in [-0.39, 0.29) is 11.4 Å². The second kappa shape index (κ2) is 4.61. The summed E-state index contributed by atoms with van der Waals surface area (Å²) in [6.45, 7) is 1.61. The van der Waals surface area contributed by atoms with Gasteiger partial charge in [0, 0.05) is 7.05 Å². The number of aromatic hydroxyl groups is 1. The summed E-state index contributed by atoms with van der Waals surface area (Å²) in [4.78, 5) is 16.7. The van der Waals surface area contributed by atoms with Crippen LogP contribution < -0.4 is 4.80 Å². The molecule has 2 heterocycles. The lowest BCUT2D eigenvalue weighted by atomic mass is 10.3. The third-order valence-corrected chi connectivity index (χ3v) is 4.15. The zero-order valence-electron chi connectivity index (χ0n) is 10.9. The van der Waals surface area contributed by atoms with Crippen LogP contribution in [0.5, 0.6) is 5.75 Å². The van der Waals surface area contributed by atoms with E-state index in [1.807, 2.05) is 35.9 Å². The lowest BCUT2D eigenvalue weighted by Crippen LogP contribution is -2.13. The highest BCUT2D eigenvalue weighted by molar-refractivity contribution is 7.16. The van der Waals surface area contributed by atoms with Crippen molar-refractivity contribution in [2.45, 2.75) is 6.92 Å². The molecule has 0 aliphatic heterocycles. The van der Waals surface area contributed by atoms with Gasteiger partial charge in [0.1, 0.15) is 5.69 Å². The lowest BCUT2D eigenvalue weighted by molar-refractivity contribution is 0.0990. The van der Waals surface area contributed by atoms with Crippen LogP contribution in [-0.2, 0) is 7.05 Å². The lowest BCUT2D eigenvalue weighted by Gasteiger charge is -1.94. The molecule has 7 heteroatoms. The molecule has 0 aliphatic rings. The number of thiazole rings is 1. The van der Waals surface area contributed by atoms with Gasteiger partial charge in [0.25, 0.3) is 0 Å². The Balaban J connectivity index is 2.13. The Hall–Kier alpha value is -2.41. The summed E-state index contributed by atoms with van der Waals surface area (Å²) in [6, 6.07) is 7.81. The molecule has 102 valence electrons. The molecule has 0 spiro atoms. The number of rotatable bonds is 1. The maximum Gasteiger partial charge on any atom is 0.301 e. The van der Waals surface area contributed by atoms with Crippen LogP contribution in [0.25, 0.3) is 10.2 Å². The summed E-state index contributed by atoms with van der Waals surface area (Å²) in [5, 5.41) is 16.0. The van der Waals surface area contributed by atoms with E-state index in [0.29, 0.717) is 10.5 Å². The normalized spacial score (nSPS) is 12.2.